The monoisotopic (exact) mass is 223 g/mol. The zero-order valence-corrected chi connectivity index (χ0v) is 10.8. The zero-order chi connectivity index (χ0) is 11.6. The summed E-state index contributed by atoms with van der Waals surface area (Å²) in [7, 11) is 0. The average molecular weight is 223 g/mol. The number of nitrogens with two attached hydrogens (primary N) is 1. The molecule has 1 nitrogen and oxygen atoms in total. The maximum atomic E-state index is 6.15. The van der Waals surface area contributed by atoms with Gasteiger partial charge in [0.25, 0.3) is 0 Å². The Hall–Kier alpha value is -0.300. The summed E-state index contributed by atoms with van der Waals surface area (Å²) in [5.41, 5.74) is 6.15. The van der Waals surface area contributed by atoms with Gasteiger partial charge in [0.1, 0.15) is 0 Å². The third kappa shape index (κ3) is 6.32. The van der Waals surface area contributed by atoms with Crippen molar-refractivity contribution in [2.24, 2.45) is 11.7 Å². The molecule has 0 aromatic carbocycles. The Morgan fingerprint density at radius 3 is 2.56 bits per heavy atom. The lowest BCUT2D eigenvalue weighted by molar-refractivity contribution is 0.428. The molecule has 0 aliphatic heterocycles. The van der Waals surface area contributed by atoms with Crippen LogP contribution in [0.1, 0.15) is 70.6 Å². The minimum absolute atomic E-state index is 0.462. The van der Waals surface area contributed by atoms with E-state index in [1.807, 2.05) is 6.08 Å². The topological polar surface area (TPSA) is 26.0 Å². The van der Waals surface area contributed by atoms with Gasteiger partial charge in [0.15, 0.2) is 0 Å². The summed E-state index contributed by atoms with van der Waals surface area (Å²) >= 11 is 0. The zero-order valence-electron chi connectivity index (χ0n) is 10.8. The van der Waals surface area contributed by atoms with Crippen molar-refractivity contribution >= 4 is 0 Å². The third-order valence-corrected chi connectivity index (χ3v) is 3.90. The molecule has 2 N–H and O–H groups in total. The number of rotatable bonds is 9. The van der Waals surface area contributed by atoms with Crippen molar-refractivity contribution in [1.29, 1.82) is 0 Å². The van der Waals surface area contributed by atoms with Gasteiger partial charge in [-0.05, 0) is 38.0 Å². The van der Waals surface area contributed by atoms with E-state index < -0.39 is 0 Å². The fourth-order valence-electron chi connectivity index (χ4n) is 2.77. The quantitative estimate of drug-likeness (QED) is 0.454. The van der Waals surface area contributed by atoms with E-state index in [4.69, 9.17) is 5.73 Å². The van der Waals surface area contributed by atoms with Gasteiger partial charge < -0.3 is 5.73 Å². The predicted molar refractivity (Wildman–Crippen MR) is 72.4 cm³/mol. The van der Waals surface area contributed by atoms with Crippen LogP contribution in [0.4, 0.5) is 0 Å². The molecule has 94 valence electrons. The molecular weight excluding hydrogens is 194 g/mol. The number of allylic oxidation sites excluding steroid dienone is 1. The lowest BCUT2D eigenvalue weighted by atomic mass is 9.96. The van der Waals surface area contributed by atoms with Crippen LogP contribution in [-0.4, -0.2) is 6.04 Å². The Morgan fingerprint density at radius 1 is 1.12 bits per heavy atom. The molecule has 1 saturated carbocycles. The molecule has 0 saturated heterocycles. The maximum absolute atomic E-state index is 6.15. The minimum Gasteiger partial charge on any atom is -0.328 e. The molecule has 0 radical (unpaired) electrons. The third-order valence-electron chi connectivity index (χ3n) is 3.90. The molecule has 0 heterocycles. The van der Waals surface area contributed by atoms with E-state index in [0.717, 1.165) is 12.3 Å². The van der Waals surface area contributed by atoms with Crippen molar-refractivity contribution in [3.63, 3.8) is 0 Å². The molecule has 1 aliphatic rings. The Kier molecular flexibility index (Phi) is 7.58. The van der Waals surface area contributed by atoms with E-state index in [2.05, 4.69) is 6.58 Å². The summed E-state index contributed by atoms with van der Waals surface area (Å²) in [5.74, 6) is 1.01. The van der Waals surface area contributed by atoms with Crippen LogP contribution in [0, 0.1) is 5.92 Å². The average Bonchev–Trinajstić information content (AvgIpc) is 2.79. The first-order chi connectivity index (χ1) is 7.83. The highest BCUT2D eigenvalue weighted by Gasteiger charge is 2.15. The smallest absolute Gasteiger partial charge is 0.00389 e. The SMILES string of the molecule is C=CCCCCCC(N)CCC1CCCC1. The molecule has 0 spiro atoms. The van der Waals surface area contributed by atoms with Crippen LogP contribution < -0.4 is 5.73 Å². The summed E-state index contributed by atoms with van der Waals surface area (Å²) in [6.45, 7) is 3.74. The van der Waals surface area contributed by atoms with Crippen LogP contribution in [0.15, 0.2) is 12.7 Å². The molecule has 0 aromatic heterocycles. The van der Waals surface area contributed by atoms with Crippen LogP contribution in [0.3, 0.4) is 0 Å². The van der Waals surface area contributed by atoms with Gasteiger partial charge in [0.05, 0.1) is 0 Å². The molecule has 0 amide bonds. The summed E-state index contributed by atoms with van der Waals surface area (Å²) < 4.78 is 0. The van der Waals surface area contributed by atoms with Crippen LogP contribution >= 0.6 is 0 Å². The Morgan fingerprint density at radius 2 is 1.88 bits per heavy atom. The van der Waals surface area contributed by atoms with E-state index >= 15 is 0 Å². The van der Waals surface area contributed by atoms with Crippen LogP contribution in [0.2, 0.25) is 0 Å². The second-order valence-electron chi connectivity index (χ2n) is 5.41. The first kappa shape index (κ1) is 13.8. The molecule has 1 aliphatic carbocycles. The molecule has 1 atom stereocenters. The van der Waals surface area contributed by atoms with Crippen molar-refractivity contribution in [2.45, 2.75) is 76.7 Å². The van der Waals surface area contributed by atoms with Crippen molar-refractivity contribution in [2.75, 3.05) is 0 Å². The van der Waals surface area contributed by atoms with Crippen LogP contribution in [0.25, 0.3) is 0 Å². The lowest BCUT2D eigenvalue weighted by Crippen LogP contribution is -2.20. The van der Waals surface area contributed by atoms with Crippen molar-refractivity contribution in [1.82, 2.24) is 0 Å². The molecule has 1 rings (SSSR count). The standard InChI is InChI=1S/C15H29N/c1-2-3-4-5-6-11-15(16)13-12-14-9-7-8-10-14/h2,14-15H,1,3-13,16H2. The highest BCUT2D eigenvalue weighted by molar-refractivity contribution is 4.71. The highest BCUT2D eigenvalue weighted by atomic mass is 14.6. The van der Waals surface area contributed by atoms with Crippen LogP contribution in [0.5, 0.6) is 0 Å². The van der Waals surface area contributed by atoms with Gasteiger partial charge in [0.2, 0.25) is 0 Å². The van der Waals surface area contributed by atoms with Crippen molar-refractivity contribution in [3.8, 4) is 0 Å². The minimum atomic E-state index is 0.462. The van der Waals surface area contributed by atoms with Gasteiger partial charge in [0, 0.05) is 6.04 Å². The van der Waals surface area contributed by atoms with E-state index in [0.29, 0.717) is 6.04 Å². The molecule has 1 heteroatoms. The first-order valence-electron chi connectivity index (χ1n) is 7.19. The summed E-state index contributed by atoms with van der Waals surface area (Å²) in [5, 5.41) is 0. The van der Waals surface area contributed by atoms with Crippen molar-refractivity contribution < 1.29 is 0 Å². The second kappa shape index (κ2) is 8.81. The van der Waals surface area contributed by atoms with Gasteiger partial charge in [-0.25, -0.2) is 0 Å². The van der Waals surface area contributed by atoms with Gasteiger partial charge >= 0.3 is 0 Å². The lowest BCUT2D eigenvalue weighted by Gasteiger charge is -2.14. The second-order valence-corrected chi connectivity index (χ2v) is 5.41. The molecule has 0 bridgehead atoms. The van der Waals surface area contributed by atoms with E-state index in [9.17, 15) is 0 Å². The number of unbranched alkanes of at least 4 members (excludes halogenated alkanes) is 3. The Labute approximate surface area is 101 Å². The molecule has 16 heavy (non-hydrogen) atoms. The summed E-state index contributed by atoms with van der Waals surface area (Å²) in [6, 6.07) is 0.462. The molecule has 1 fully saturated rings. The first-order valence-corrected chi connectivity index (χ1v) is 7.19. The summed E-state index contributed by atoms with van der Waals surface area (Å²) in [6.07, 6.45) is 16.8. The van der Waals surface area contributed by atoms with Gasteiger partial charge in [-0.2, -0.15) is 0 Å². The largest absolute Gasteiger partial charge is 0.328 e. The molecule has 0 aromatic rings. The van der Waals surface area contributed by atoms with Gasteiger partial charge in [-0.1, -0.05) is 44.6 Å². The predicted octanol–water partition coefficient (Wildman–Crippen LogP) is 4.42. The van der Waals surface area contributed by atoms with Gasteiger partial charge in [-0.3, -0.25) is 0 Å². The van der Waals surface area contributed by atoms with Crippen LogP contribution in [-0.2, 0) is 0 Å². The fourth-order valence-corrected chi connectivity index (χ4v) is 2.77. The number of hydrogen-bond donors (Lipinski definition) is 1. The molecular formula is C15H29N. The Balaban J connectivity index is 1.89. The summed E-state index contributed by atoms with van der Waals surface area (Å²) in [4.78, 5) is 0. The van der Waals surface area contributed by atoms with E-state index in [1.165, 1.54) is 64.2 Å². The highest BCUT2D eigenvalue weighted by Crippen LogP contribution is 2.29. The number of hydrogen-bond acceptors (Lipinski definition) is 1. The molecule has 1 unspecified atom stereocenters. The van der Waals surface area contributed by atoms with Crippen molar-refractivity contribution in [3.05, 3.63) is 12.7 Å². The fraction of sp³-hybridized carbons (Fsp3) is 0.867. The normalized spacial score (nSPS) is 18.8. The maximum Gasteiger partial charge on any atom is 0.00389 e. The van der Waals surface area contributed by atoms with E-state index in [-0.39, 0.29) is 0 Å². The Bertz CT molecular complexity index is 170. The van der Waals surface area contributed by atoms with Gasteiger partial charge in [-0.15, -0.1) is 6.58 Å². The van der Waals surface area contributed by atoms with E-state index in [1.54, 1.807) is 0 Å².